The average molecular weight is 978 g/mol. The number of esters is 3. The van der Waals surface area contributed by atoms with Crippen LogP contribution in [0.15, 0.2) is 30.3 Å². The topological polar surface area (TPSA) is 195 Å². The molecule has 18 nitrogen and oxygen atoms in total. The molecule has 0 saturated heterocycles. The zero-order chi connectivity index (χ0) is 51.3. The van der Waals surface area contributed by atoms with Crippen LogP contribution in [0.3, 0.4) is 0 Å². The lowest BCUT2D eigenvalue weighted by molar-refractivity contribution is -0.133. The number of hydrogen-bond donors (Lipinski definition) is 0. The Kier molecular flexibility index (Phi) is 22.9. The summed E-state index contributed by atoms with van der Waals surface area (Å²) in [6.07, 6.45) is 0. The van der Waals surface area contributed by atoms with Gasteiger partial charge in [0.15, 0.2) is 19.8 Å². The highest BCUT2D eigenvalue weighted by atomic mass is 16.5. The monoisotopic (exact) mass is 977 g/mol. The van der Waals surface area contributed by atoms with Gasteiger partial charge >= 0.3 is 17.9 Å². The van der Waals surface area contributed by atoms with Crippen LogP contribution >= 0.6 is 0 Å². The van der Waals surface area contributed by atoms with Crippen LogP contribution in [-0.4, -0.2) is 129 Å². The lowest BCUT2D eigenvalue weighted by atomic mass is 9.97. The Balaban J connectivity index is 2.05. The number of fused-ring (bicyclic) bond motifs is 6. The molecule has 0 aromatic heterocycles. The second-order valence-corrected chi connectivity index (χ2v) is 16.0. The summed E-state index contributed by atoms with van der Waals surface area (Å²) in [6.45, 7) is 18.7. The maximum absolute atomic E-state index is 13.7. The van der Waals surface area contributed by atoms with E-state index < -0.39 is 17.9 Å². The van der Waals surface area contributed by atoms with Gasteiger partial charge in [-0.15, -0.1) is 0 Å². The third kappa shape index (κ3) is 14.9. The molecule has 0 unspecified atom stereocenters. The first kappa shape index (κ1) is 56.3. The smallest absolute Gasteiger partial charge is 0.338 e. The van der Waals surface area contributed by atoms with Gasteiger partial charge in [0.05, 0.1) is 76.2 Å². The van der Waals surface area contributed by atoms with Gasteiger partial charge < -0.3 is 57.3 Å². The summed E-state index contributed by atoms with van der Waals surface area (Å²) >= 11 is 0. The zero-order valence-corrected chi connectivity index (χ0v) is 42.6. The van der Waals surface area contributed by atoms with E-state index in [-0.39, 0.29) is 131 Å². The Morgan fingerprint density at radius 3 is 1.06 bits per heavy atom. The molecular weight excluding hydrogens is 907 g/mol. The highest BCUT2D eigenvalue weighted by Gasteiger charge is 2.27. The molecular formula is C52H71N3O15. The van der Waals surface area contributed by atoms with Crippen molar-refractivity contribution in [3.63, 3.8) is 0 Å². The summed E-state index contributed by atoms with van der Waals surface area (Å²) in [4.78, 5) is 85.7. The Hall–Kier alpha value is -6.24. The quantitative estimate of drug-likeness (QED) is 0.0805. The Morgan fingerprint density at radius 1 is 0.429 bits per heavy atom. The molecule has 4 rings (SSSR count). The molecule has 3 aromatic rings. The van der Waals surface area contributed by atoms with Crippen LogP contribution < -0.4 is 14.2 Å². The minimum absolute atomic E-state index is 0.0908. The van der Waals surface area contributed by atoms with E-state index in [9.17, 15) is 28.8 Å². The van der Waals surface area contributed by atoms with Crippen LogP contribution in [0.1, 0.15) is 132 Å². The van der Waals surface area contributed by atoms with Crippen molar-refractivity contribution in [3.05, 3.63) is 86.0 Å². The fourth-order valence-corrected chi connectivity index (χ4v) is 7.94. The van der Waals surface area contributed by atoms with E-state index in [1.54, 1.807) is 72.7 Å². The molecule has 6 bridgehead atoms. The van der Waals surface area contributed by atoms with Crippen molar-refractivity contribution in [2.24, 2.45) is 0 Å². The number of amides is 3. The predicted molar refractivity (Wildman–Crippen MR) is 258 cm³/mol. The van der Waals surface area contributed by atoms with Crippen LogP contribution in [0.4, 0.5) is 0 Å². The number of carbonyl (C=O) groups excluding carboxylic acids is 6. The van der Waals surface area contributed by atoms with Gasteiger partial charge in [-0.1, -0.05) is 0 Å². The van der Waals surface area contributed by atoms with E-state index in [0.29, 0.717) is 78.2 Å². The van der Waals surface area contributed by atoms with Crippen LogP contribution in [-0.2, 0) is 82.4 Å². The van der Waals surface area contributed by atoms with Gasteiger partial charge in [-0.05, 0) is 105 Å². The zero-order valence-electron chi connectivity index (χ0n) is 42.6. The highest BCUT2D eigenvalue weighted by Crippen LogP contribution is 2.36. The lowest BCUT2D eigenvalue weighted by Crippen LogP contribution is -2.34. The molecule has 384 valence electrons. The lowest BCUT2D eigenvalue weighted by Gasteiger charge is -2.24. The summed E-state index contributed by atoms with van der Waals surface area (Å²) in [5, 5.41) is 0. The van der Waals surface area contributed by atoms with E-state index in [0.717, 1.165) is 0 Å². The van der Waals surface area contributed by atoms with Crippen LogP contribution in [0.5, 0.6) is 17.2 Å². The van der Waals surface area contributed by atoms with Gasteiger partial charge in [0.2, 0.25) is 0 Å². The summed E-state index contributed by atoms with van der Waals surface area (Å²) in [6, 6.07) is 7.83. The van der Waals surface area contributed by atoms with Crippen LogP contribution in [0.2, 0.25) is 0 Å². The summed E-state index contributed by atoms with van der Waals surface area (Å²) in [5.41, 5.74) is 3.20. The third-order valence-electron chi connectivity index (χ3n) is 11.6. The predicted octanol–water partition coefficient (Wildman–Crippen LogP) is 6.73. The second-order valence-electron chi connectivity index (χ2n) is 16.0. The fraction of sp³-hybridized carbons (Fsp3) is 0.538. The molecule has 0 atom stereocenters. The molecule has 3 aromatic carbocycles. The minimum atomic E-state index is -0.631. The Labute approximate surface area is 411 Å². The molecule has 0 aliphatic carbocycles. The third-order valence-corrected chi connectivity index (χ3v) is 11.6. The van der Waals surface area contributed by atoms with Crippen molar-refractivity contribution in [1.82, 2.24) is 14.7 Å². The number of carbonyl (C=O) groups is 6. The normalized spacial score (nSPS) is 12.7. The molecule has 0 saturated carbocycles. The summed E-state index contributed by atoms with van der Waals surface area (Å²) in [5.74, 6) is -2.06. The van der Waals surface area contributed by atoms with Crippen molar-refractivity contribution < 1.29 is 71.4 Å². The van der Waals surface area contributed by atoms with Crippen molar-refractivity contribution in [2.75, 3.05) is 78.9 Å². The maximum Gasteiger partial charge on any atom is 0.338 e. The maximum atomic E-state index is 13.7. The Bertz CT molecular complexity index is 2280. The highest BCUT2D eigenvalue weighted by molar-refractivity contribution is 5.93. The molecule has 0 radical (unpaired) electrons. The number of rotatable bonds is 21. The van der Waals surface area contributed by atoms with E-state index in [1.165, 1.54) is 0 Å². The van der Waals surface area contributed by atoms with E-state index in [4.69, 9.17) is 42.6 Å². The molecule has 70 heavy (non-hydrogen) atoms. The van der Waals surface area contributed by atoms with Gasteiger partial charge in [-0.3, -0.25) is 14.4 Å². The molecule has 0 spiro atoms. The van der Waals surface area contributed by atoms with E-state index in [2.05, 4.69) is 0 Å². The molecule has 0 N–H and O–H groups in total. The first-order valence-electron chi connectivity index (χ1n) is 24.2. The summed E-state index contributed by atoms with van der Waals surface area (Å²) in [7, 11) is 0. The first-order chi connectivity index (χ1) is 33.7. The van der Waals surface area contributed by atoms with Gasteiger partial charge in [0.25, 0.3) is 17.7 Å². The standard InChI is InChI=1S/C52H71N3O15/c1-11-53(12-2)44(56)31-68-47-37-20-35(50(59)65-17-7)21-39(47)27-63-29-41-24-42(52(61)67-19-9)34(10)43(49(41)70-33-46(58)55(15-5)16-6)30-64-28-40-23-36(51(60)66-18-8)22-38(26-62-25-37)48(40)69-32-45(57)54(13-3)14-4/h20-24H,11-19,25-33H2,1-10H3. The minimum Gasteiger partial charge on any atom is -0.483 e. The molecule has 3 amide bonds. The largest absolute Gasteiger partial charge is 0.483 e. The van der Waals surface area contributed by atoms with Crippen molar-refractivity contribution in [1.29, 1.82) is 0 Å². The number of nitrogens with zero attached hydrogens (tertiary/aromatic N) is 3. The molecule has 1 heterocycles. The van der Waals surface area contributed by atoms with Crippen molar-refractivity contribution in [2.45, 2.75) is 109 Å². The molecule has 18 heteroatoms. The van der Waals surface area contributed by atoms with E-state index >= 15 is 0 Å². The molecule has 1 aliphatic rings. The van der Waals surface area contributed by atoms with Crippen molar-refractivity contribution in [3.8, 4) is 17.2 Å². The average Bonchev–Trinajstić information content (AvgIpc) is 3.34. The number of ether oxygens (including phenoxy) is 9. The van der Waals surface area contributed by atoms with Gasteiger partial charge in [-0.2, -0.15) is 0 Å². The Morgan fingerprint density at radius 2 is 0.729 bits per heavy atom. The van der Waals surface area contributed by atoms with Crippen LogP contribution in [0.25, 0.3) is 0 Å². The molecule has 1 aliphatic heterocycles. The van der Waals surface area contributed by atoms with Gasteiger partial charge in [-0.25, -0.2) is 14.4 Å². The summed E-state index contributed by atoms with van der Waals surface area (Å²) < 4.78 is 54.7. The fourth-order valence-electron chi connectivity index (χ4n) is 7.94. The van der Waals surface area contributed by atoms with Gasteiger partial charge in [0.1, 0.15) is 17.2 Å². The SMILES string of the molecule is CCOC(=O)c1cc2c(OCC(=O)N(CC)CC)c(c1)COCc1cc(C(=O)OCC)c(C)c(c1OCC(=O)N(CC)CC)COCc1cc(C(=O)OCC)cc(c1OCC(=O)N(CC)CC)COC2. The van der Waals surface area contributed by atoms with E-state index in [1.807, 2.05) is 41.5 Å². The number of likely N-dealkylation sites (N-methyl/N-ethyl adjacent to an activating group) is 3. The van der Waals surface area contributed by atoms with Gasteiger partial charge in [0, 0.05) is 72.6 Å². The van der Waals surface area contributed by atoms with Crippen molar-refractivity contribution >= 4 is 35.6 Å². The second kappa shape index (κ2) is 28.4. The number of benzene rings is 3. The first-order valence-corrected chi connectivity index (χ1v) is 24.2. The van der Waals surface area contributed by atoms with Crippen LogP contribution in [0, 0.1) is 6.92 Å². The number of hydrogen-bond acceptors (Lipinski definition) is 15. The molecule has 0 fully saturated rings.